The van der Waals surface area contributed by atoms with Crippen molar-refractivity contribution in [3.63, 3.8) is 0 Å². The molecule has 1 aliphatic heterocycles. The van der Waals surface area contributed by atoms with Crippen molar-refractivity contribution >= 4 is 29.5 Å². The number of aromatic nitrogens is 3. The summed E-state index contributed by atoms with van der Waals surface area (Å²) in [5.41, 5.74) is -0.216. The van der Waals surface area contributed by atoms with E-state index < -0.39 is 11.4 Å². The lowest BCUT2D eigenvalue weighted by Gasteiger charge is -2.47. The van der Waals surface area contributed by atoms with Crippen LogP contribution in [0.3, 0.4) is 0 Å². The molecule has 158 valence electrons. The van der Waals surface area contributed by atoms with E-state index in [1.807, 2.05) is 0 Å². The number of halogens is 1. The lowest BCUT2D eigenvalue weighted by molar-refractivity contribution is -0.158. The van der Waals surface area contributed by atoms with Gasteiger partial charge >= 0.3 is 0 Å². The molecule has 0 radical (unpaired) electrons. The normalized spacial score (nSPS) is 18.5. The zero-order valence-electron chi connectivity index (χ0n) is 16.6. The van der Waals surface area contributed by atoms with Crippen LogP contribution in [-0.2, 0) is 21.4 Å². The van der Waals surface area contributed by atoms with Crippen LogP contribution in [0.15, 0.2) is 29.4 Å². The number of hydrogen-bond donors (Lipinski definition) is 1. The molecule has 1 aromatic carbocycles. The van der Waals surface area contributed by atoms with Crippen LogP contribution >= 0.6 is 11.8 Å². The first-order chi connectivity index (χ1) is 14.4. The molecule has 1 saturated heterocycles. The first kappa shape index (κ1) is 20.5. The highest BCUT2D eigenvalue weighted by atomic mass is 32.2. The SMILES string of the molecule is Cn1c(SCC(=O)N2CC(=O)NC(=O)C23CCCCC3)nnc1-c1ccc(F)cc1. The molecule has 2 fully saturated rings. The third kappa shape index (κ3) is 3.71. The van der Waals surface area contributed by atoms with E-state index in [2.05, 4.69) is 15.5 Å². The summed E-state index contributed by atoms with van der Waals surface area (Å²) in [6.07, 6.45) is 3.86. The quantitative estimate of drug-likeness (QED) is 0.587. The Bertz CT molecular complexity index is 985. The Morgan fingerprint density at radius 2 is 1.87 bits per heavy atom. The van der Waals surface area contributed by atoms with E-state index in [0.717, 1.165) is 19.3 Å². The maximum atomic E-state index is 13.2. The Kier molecular flexibility index (Phi) is 5.59. The van der Waals surface area contributed by atoms with Gasteiger partial charge in [-0.3, -0.25) is 19.7 Å². The highest BCUT2D eigenvalue weighted by Crippen LogP contribution is 2.36. The molecule has 2 aromatic rings. The first-order valence-electron chi connectivity index (χ1n) is 9.83. The van der Waals surface area contributed by atoms with Crippen molar-refractivity contribution in [2.45, 2.75) is 42.8 Å². The molecule has 8 nitrogen and oxygen atoms in total. The van der Waals surface area contributed by atoms with Gasteiger partial charge in [0.15, 0.2) is 11.0 Å². The summed E-state index contributed by atoms with van der Waals surface area (Å²) in [6.45, 7) is -0.106. The van der Waals surface area contributed by atoms with Gasteiger partial charge in [0.05, 0.1) is 5.75 Å². The molecule has 10 heteroatoms. The average molecular weight is 431 g/mol. The zero-order valence-corrected chi connectivity index (χ0v) is 17.4. The summed E-state index contributed by atoms with van der Waals surface area (Å²) in [5.74, 6) is -0.825. The smallest absolute Gasteiger partial charge is 0.252 e. The van der Waals surface area contributed by atoms with Gasteiger partial charge in [-0.1, -0.05) is 31.0 Å². The number of amides is 3. The van der Waals surface area contributed by atoms with E-state index >= 15 is 0 Å². The van der Waals surface area contributed by atoms with Crippen molar-refractivity contribution in [1.82, 2.24) is 25.0 Å². The summed E-state index contributed by atoms with van der Waals surface area (Å²) in [7, 11) is 1.77. The van der Waals surface area contributed by atoms with E-state index in [-0.39, 0.29) is 29.9 Å². The van der Waals surface area contributed by atoms with Gasteiger partial charge < -0.3 is 9.47 Å². The Labute approximate surface area is 177 Å². The monoisotopic (exact) mass is 431 g/mol. The molecule has 30 heavy (non-hydrogen) atoms. The van der Waals surface area contributed by atoms with Crippen LogP contribution in [0.4, 0.5) is 4.39 Å². The molecule has 0 bridgehead atoms. The van der Waals surface area contributed by atoms with Crippen LogP contribution in [0.2, 0.25) is 0 Å². The van der Waals surface area contributed by atoms with Gasteiger partial charge in [0.2, 0.25) is 11.8 Å². The number of carbonyl (C=O) groups is 3. The van der Waals surface area contributed by atoms with Gasteiger partial charge in [0.1, 0.15) is 17.9 Å². The minimum absolute atomic E-state index is 0.0394. The van der Waals surface area contributed by atoms with Crippen molar-refractivity contribution in [3.8, 4) is 11.4 Å². The zero-order chi connectivity index (χ0) is 21.3. The second kappa shape index (κ2) is 8.17. The standard InChI is InChI=1S/C20H22FN5O3S/c1-25-17(13-5-7-14(21)8-6-13)23-24-19(25)30-12-16(28)26-11-15(27)22-18(29)20(26)9-3-2-4-10-20/h5-8H,2-4,9-12H2,1H3,(H,22,27,29). The van der Waals surface area contributed by atoms with Gasteiger partial charge in [-0.25, -0.2) is 4.39 Å². The molecule has 1 aromatic heterocycles. The fourth-order valence-electron chi connectivity index (χ4n) is 4.16. The number of hydrogen-bond acceptors (Lipinski definition) is 6. The van der Waals surface area contributed by atoms with Crippen molar-refractivity contribution in [3.05, 3.63) is 30.1 Å². The minimum Gasteiger partial charge on any atom is -0.318 e. The molecule has 0 unspecified atom stereocenters. The molecule has 0 atom stereocenters. The summed E-state index contributed by atoms with van der Waals surface area (Å²) >= 11 is 1.20. The van der Waals surface area contributed by atoms with Gasteiger partial charge in [-0.05, 0) is 37.1 Å². The number of benzene rings is 1. The molecule has 1 aliphatic carbocycles. The summed E-state index contributed by atoms with van der Waals surface area (Å²) in [6, 6.07) is 5.93. The molecule has 2 heterocycles. The molecule has 1 saturated carbocycles. The van der Waals surface area contributed by atoms with Crippen molar-refractivity contribution in [1.29, 1.82) is 0 Å². The van der Waals surface area contributed by atoms with Crippen molar-refractivity contribution in [2.75, 3.05) is 12.3 Å². The first-order valence-corrected chi connectivity index (χ1v) is 10.8. The van der Waals surface area contributed by atoms with Crippen LogP contribution in [0.1, 0.15) is 32.1 Å². The highest BCUT2D eigenvalue weighted by molar-refractivity contribution is 7.99. The lowest BCUT2D eigenvalue weighted by Crippen LogP contribution is -2.69. The van der Waals surface area contributed by atoms with Gasteiger partial charge in [0, 0.05) is 12.6 Å². The number of thioether (sulfide) groups is 1. The average Bonchev–Trinajstić information content (AvgIpc) is 3.11. The molecule has 1 N–H and O–H groups in total. The van der Waals surface area contributed by atoms with E-state index in [4.69, 9.17) is 0 Å². The number of carbonyl (C=O) groups excluding carboxylic acids is 3. The van der Waals surface area contributed by atoms with Crippen molar-refractivity contribution < 1.29 is 18.8 Å². The van der Waals surface area contributed by atoms with Crippen LogP contribution in [0.5, 0.6) is 0 Å². The highest BCUT2D eigenvalue weighted by Gasteiger charge is 2.50. The largest absolute Gasteiger partial charge is 0.318 e. The van der Waals surface area contributed by atoms with E-state index in [1.54, 1.807) is 23.7 Å². The molecule has 1 spiro atoms. The van der Waals surface area contributed by atoms with E-state index in [9.17, 15) is 18.8 Å². The second-order valence-corrected chi connectivity index (χ2v) is 8.55. The van der Waals surface area contributed by atoms with Crippen molar-refractivity contribution in [2.24, 2.45) is 7.05 Å². The summed E-state index contributed by atoms with van der Waals surface area (Å²) < 4.78 is 14.9. The summed E-state index contributed by atoms with van der Waals surface area (Å²) in [4.78, 5) is 39.1. The summed E-state index contributed by atoms with van der Waals surface area (Å²) in [5, 5.41) is 11.2. The minimum atomic E-state index is -0.928. The molecule has 4 rings (SSSR count). The van der Waals surface area contributed by atoms with Gasteiger partial charge in [-0.2, -0.15) is 0 Å². The molecular formula is C20H22FN5O3S. The predicted octanol–water partition coefficient (Wildman–Crippen LogP) is 1.90. The topological polar surface area (TPSA) is 97.2 Å². The van der Waals surface area contributed by atoms with E-state index in [0.29, 0.717) is 29.4 Å². The maximum Gasteiger partial charge on any atom is 0.252 e. The number of imide groups is 1. The third-order valence-corrected chi connectivity index (χ3v) is 6.74. The predicted molar refractivity (Wildman–Crippen MR) is 108 cm³/mol. The van der Waals surface area contributed by atoms with E-state index in [1.165, 1.54) is 28.8 Å². The number of rotatable bonds is 4. The Morgan fingerprint density at radius 3 is 2.57 bits per heavy atom. The number of piperazine rings is 1. The fraction of sp³-hybridized carbons (Fsp3) is 0.450. The Morgan fingerprint density at radius 1 is 1.17 bits per heavy atom. The van der Waals surface area contributed by atoms with Crippen LogP contribution < -0.4 is 5.32 Å². The van der Waals surface area contributed by atoms with Gasteiger partial charge in [-0.15, -0.1) is 10.2 Å². The second-order valence-electron chi connectivity index (χ2n) is 7.61. The Balaban J connectivity index is 1.49. The number of nitrogens with one attached hydrogen (secondary N) is 1. The van der Waals surface area contributed by atoms with Crippen LogP contribution in [0, 0.1) is 5.82 Å². The van der Waals surface area contributed by atoms with Gasteiger partial charge in [0.25, 0.3) is 5.91 Å². The van der Waals surface area contributed by atoms with Crippen LogP contribution in [0.25, 0.3) is 11.4 Å². The molecule has 2 aliphatic rings. The lowest BCUT2D eigenvalue weighted by atomic mass is 9.78. The molecular weight excluding hydrogens is 409 g/mol. The number of nitrogens with zero attached hydrogens (tertiary/aromatic N) is 4. The molecule has 3 amide bonds. The maximum absolute atomic E-state index is 13.2. The fourth-order valence-corrected chi connectivity index (χ4v) is 4.94. The van der Waals surface area contributed by atoms with Crippen LogP contribution in [-0.4, -0.2) is 55.2 Å². The third-order valence-electron chi connectivity index (χ3n) is 5.74. The Hall–Kier alpha value is -2.75.